The summed E-state index contributed by atoms with van der Waals surface area (Å²) < 4.78 is 5.13. The molecule has 0 radical (unpaired) electrons. The number of para-hydroxylation sites is 1. The summed E-state index contributed by atoms with van der Waals surface area (Å²) in [7, 11) is 1.63. The van der Waals surface area contributed by atoms with E-state index in [1.165, 1.54) is 0 Å². The highest BCUT2D eigenvalue weighted by atomic mass is 16.5. The highest BCUT2D eigenvalue weighted by Gasteiger charge is 2.07. The van der Waals surface area contributed by atoms with E-state index in [0.717, 1.165) is 22.8 Å². The first-order valence-corrected chi connectivity index (χ1v) is 7.48. The highest BCUT2D eigenvalue weighted by molar-refractivity contribution is 6.02. The van der Waals surface area contributed by atoms with E-state index >= 15 is 0 Å². The van der Waals surface area contributed by atoms with Crippen molar-refractivity contribution < 1.29 is 9.53 Å². The predicted molar refractivity (Wildman–Crippen MR) is 94.9 cm³/mol. The number of carbonyl (C=O) groups is 1. The molecule has 5 heteroatoms. The van der Waals surface area contributed by atoms with Crippen LogP contribution in [0.25, 0.3) is 0 Å². The molecule has 0 saturated heterocycles. The number of nitrogens with one attached hydrogen (secondary N) is 2. The molecule has 120 valence electrons. The van der Waals surface area contributed by atoms with E-state index in [4.69, 9.17) is 4.74 Å². The number of hydrogen-bond donors (Lipinski definition) is 2. The van der Waals surface area contributed by atoms with Gasteiger partial charge < -0.3 is 15.4 Å². The zero-order valence-electron chi connectivity index (χ0n) is 13.2. The van der Waals surface area contributed by atoms with Crippen molar-refractivity contribution in [1.82, 2.24) is 4.98 Å². The van der Waals surface area contributed by atoms with E-state index in [0.29, 0.717) is 5.69 Å². The number of methoxy groups -OCH3 is 1. The molecule has 0 atom stereocenters. The second-order valence-electron chi connectivity index (χ2n) is 5.11. The summed E-state index contributed by atoms with van der Waals surface area (Å²) in [5.74, 6) is 0.559. The first-order chi connectivity index (χ1) is 11.7. The van der Waals surface area contributed by atoms with Crippen LogP contribution in [0.5, 0.6) is 5.75 Å². The molecule has 1 heterocycles. The Morgan fingerprint density at radius 1 is 0.875 bits per heavy atom. The molecule has 0 saturated carbocycles. The van der Waals surface area contributed by atoms with Crippen molar-refractivity contribution in [3.05, 3.63) is 78.6 Å². The van der Waals surface area contributed by atoms with Crippen LogP contribution < -0.4 is 15.4 Å². The lowest BCUT2D eigenvalue weighted by atomic mass is 10.2. The number of rotatable bonds is 5. The Labute approximate surface area is 140 Å². The maximum atomic E-state index is 12.1. The molecule has 0 bridgehead atoms. The minimum absolute atomic E-state index is 0.239. The van der Waals surface area contributed by atoms with E-state index < -0.39 is 0 Å². The summed E-state index contributed by atoms with van der Waals surface area (Å²) in [5.41, 5.74) is 2.82. The van der Waals surface area contributed by atoms with Gasteiger partial charge in [-0.3, -0.25) is 4.79 Å². The van der Waals surface area contributed by atoms with E-state index in [9.17, 15) is 4.79 Å². The van der Waals surface area contributed by atoms with Crippen LogP contribution >= 0.6 is 0 Å². The van der Waals surface area contributed by atoms with Gasteiger partial charge in [0.2, 0.25) is 0 Å². The van der Waals surface area contributed by atoms with Gasteiger partial charge in [-0.15, -0.1) is 0 Å². The average Bonchev–Trinajstić information content (AvgIpc) is 2.64. The molecule has 5 nitrogen and oxygen atoms in total. The molecule has 0 fully saturated rings. The van der Waals surface area contributed by atoms with E-state index in [1.54, 1.807) is 19.4 Å². The van der Waals surface area contributed by atoms with Gasteiger partial charge in [-0.2, -0.15) is 0 Å². The fourth-order valence-electron chi connectivity index (χ4n) is 2.16. The number of benzene rings is 2. The summed E-state index contributed by atoms with van der Waals surface area (Å²) in [4.78, 5) is 16.4. The SMILES string of the molecule is COc1ccc(Nc2ccc(C(=O)Nc3ccccc3)nc2)cc1. The second kappa shape index (κ2) is 7.28. The van der Waals surface area contributed by atoms with Crippen molar-refractivity contribution in [1.29, 1.82) is 0 Å². The number of carbonyl (C=O) groups excluding carboxylic acids is 1. The number of pyridine rings is 1. The van der Waals surface area contributed by atoms with Crippen LogP contribution in [0.1, 0.15) is 10.5 Å². The first-order valence-electron chi connectivity index (χ1n) is 7.48. The monoisotopic (exact) mass is 319 g/mol. The van der Waals surface area contributed by atoms with Gasteiger partial charge in [0, 0.05) is 11.4 Å². The lowest BCUT2D eigenvalue weighted by Gasteiger charge is -2.08. The minimum Gasteiger partial charge on any atom is -0.497 e. The molecule has 1 aromatic heterocycles. The Balaban J connectivity index is 1.65. The van der Waals surface area contributed by atoms with Gasteiger partial charge in [0.15, 0.2) is 0 Å². The first kappa shape index (κ1) is 15.6. The number of hydrogen-bond acceptors (Lipinski definition) is 4. The van der Waals surface area contributed by atoms with Gasteiger partial charge in [0.05, 0.1) is 19.0 Å². The predicted octanol–water partition coefficient (Wildman–Crippen LogP) is 4.09. The van der Waals surface area contributed by atoms with Crippen molar-refractivity contribution in [3.63, 3.8) is 0 Å². The van der Waals surface area contributed by atoms with Crippen molar-refractivity contribution in [2.75, 3.05) is 17.7 Å². The highest BCUT2D eigenvalue weighted by Crippen LogP contribution is 2.19. The molecule has 2 aromatic carbocycles. The van der Waals surface area contributed by atoms with Crippen molar-refractivity contribution in [2.45, 2.75) is 0 Å². The second-order valence-corrected chi connectivity index (χ2v) is 5.11. The maximum Gasteiger partial charge on any atom is 0.274 e. The Morgan fingerprint density at radius 2 is 1.58 bits per heavy atom. The van der Waals surface area contributed by atoms with Crippen molar-refractivity contribution in [2.24, 2.45) is 0 Å². The van der Waals surface area contributed by atoms with Crippen LogP contribution in [0.15, 0.2) is 72.9 Å². The summed E-state index contributed by atoms with van der Waals surface area (Å²) in [6.07, 6.45) is 1.63. The molecule has 0 unspecified atom stereocenters. The van der Waals surface area contributed by atoms with Gasteiger partial charge in [0.25, 0.3) is 5.91 Å². The topological polar surface area (TPSA) is 63.2 Å². The summed E-state index contributed by atoms with van der Waals surface area (Å²) in [5, 5.41) is 6.03. The largest absolute Gasteiger partial charge is 0.497 e. The van der Waals surface area contributed by atoms with E-state index in [-0.39, 0.29) is 5.91 Å². The van der Waals surface area contributed by atoms with Crippen LogP contribution in [0, 0.1) is 0 Å². The molecule has 24 heavy (non-hydrogen) atoms. The molecule has 0 spiro atoms. The molecule has 3 aromatic rings. The number of aromatic nitrogens is 1. The van der Waals surface area contributed by atoms with Crippen LogP contribution in [0.3, 0.4) is 0 Å². The molecule has 1 amide bonds. The summed E-state index contributed by atoms with van der Waals surface area (Å²) in [6.45, 7) is 0. The number of anilines is 3. The van der Waals surface area contributed by atoms with Crippen molar-refractivity contribution in [3.8, 4) is 5.75 Å². The standard InChI is InChI=1S/C19H17N3O2/c1-24-17-10-7-15(8-11-17)21-16-9-12-18(20-13-16)19(23)22-14-5-3-2-4-6-14/h2-13,21H,1H3,(H,22,23). The Hall–Kier alpha value is -3.34. The van der Waals surface area contributed by atoms with E-state index in [1.807, 2.05) is 60.7 Å². The molecule has 0 aliphatic heterocycles. The lowest BCUT2D eigenvalue weighted by molar-refractivity contribution is 0.102. The molecular formula is C19H17N3O2. The summed E-state index contributed by atoms with van der Waals surface area (Å²) in [6, 6.07) is 20.4. The van der Waals surface area contributed by atoms with Crippen LogP contribution in [0.2, 0.25) is 0 Å². The molecule has 0 aliphatic carbocycles. The average molecular weight is 319 g/mol. The van der Waals surface area contributed by atoms with Crippen LogP contribution in [0.4, 0.5) is 17.1 Å². The van der Waals surface area contributed by atoms with Crippen LogP contribution in [-0.4, -0.2) is 18.0 Å². The Morgan fingerprint density at radius 3 is 2.21 bits per heavy atom. The lowest BCUT2D eigenvalue weighted by Crippen LogP contribution is -2.13. The number of nitrogens with zero attached hydrogens (tertiary/aromatic N) is 1. The summed E-state index contributed by atoms with van der Waals surface area (Å²) >= 11 is 0. The molecular weight excluding hydrogens is 302 g/mol. The van der Waals surface area contributed by atoms with Gasteiger partial charge in [-0.25, -0.2) is 4.98 Å². The van der Waals surface area contributed by atoms with Gasteiger partial charge in [0.1, 0.15) is 11.4 Å². The normalized spacial score (nSPS) is 10.0. The molecule has 3 rings (SSSR count). The minimum atomic E-state index is -0.239. The quantitative estimate of drug-likeness (QED) is 0.743. The van der Waals surface area contributed by atoms with Gasteiger partial charge in [-0.05, 0) is 48.5 Å². The van der Waals surface area contributed by atoms with Crippen molar-refractivity contribution >= 4 is 23.0 Å². The Bertz CT molecular complexity index is 800. The molecule has 2 N–H and O–H groups in total. The number of ether oxygens (including phenoxy) is 1. The van der Waals surface area contributed by atoms with Crippen LogP contribution in [-0.2, 0) is 0 Å². The van der Waals surface area contributed by atoms with Gasteiger partial charge in [-0.1, -0.05) is 18.2 Å². The smallest absolute Gasteiger partial charge is 0.274 e. The number of amides is 1. The fraction of sp³-hybridized carbons (Fsp3) is 0.0526. The third kappa shape index (κ3) is 3.89. The zero-order valence-corrected chi connectivity index (χ0v) is 13.2. The molecule has 0 aliphatic rings. The third-order valence-electron chi connectivity index (χ3n) is 3.41. The zero-order chi connectivity index (χ0) is 16.8. The Kier molecular flexibility index (Phi) is 4.72. The third-order valence-corrected chi connectivity index (χ3v) is 3.41. The van der Waals surface area contributed by atoms with Gasteiger partial charge >= 0.3 is 0 Å². The van der Waals surface area contributed by atoms with E-state index in [2.05, 4.69) is 15.6 Å². The maximum absolute atomic E-state index is 12.1. The fourth-order valence-corrected chi connectivity index (χ4v) is 2.16.